The van der Waals surface area contributed by atoms with Crippen molar-refractivity contribution >= 4 is 22.6 Å². The molecule has 0 unspecified atom stereocenters. The second-order valence-corrected chi connectivity index (χ2v) is 6.61. The van der Waals surface area contributed by atoms with E-state index in [1.54, 1.807) is 24.3 Å². The van der Waals surface area contributed by atoms with E-state index in [-0.39, 0.29) is 23.2 Å². The van der Waals surface area contributed by atoms with Crippen LogP contribution in [0.5, 0.6) is 0 Å². The van der Waals surface area contributed by atoms with Crippen LogP contribution in [-0.2, 0) is 16.1 Å². The number of carbonyl (C=O) groups is 2. The van der Waals surface area contributed by atoms with Gasteiger partial charge in [0.2, 0.25) is 0 Å². The van der Waals surface area contributed by atoms with Crippen LogP contribution in [0.1, 0.15) is 50.0 Å². The number of benzene rings is 1. The second kappa shape index (κ2) is 7.68. The largest absolute Gasteiger partial charge is 0.448 e. The molecule has 1 aromatic heterocycles. The van der Waals surface area contributed by atoms with Gasteiger partial charge in [-0.25, -0.2) is 9.48 Å². The zero-order valence-electron chi connectivity index (χ0n) is 15.0. The van der Waals surface area contributed by atoms with Crippen LogP contribution >= 0.6 is 0 Å². The Kier molecular flexibility index (Phi) is 5.35. The van der Waals surface area contributed by atoms with Gasteiger partial charge in [0, 0.05) is 18.0 Å². The van der Waals surface area contributed by atoms with E-state index in [4.69, 9.17) is 4.74 Å². The summed E-state index contributed by atoms with van der Waals surface area (Å²) < 4.78 is 6.61. The highest BCUT2D eigenvalue weighted by molar-refractivity contribution is 6.02. The lowest BCUT2D eigenvalue weighted by atomic mass is 10.1. The van der Waals surface area contributed by atoms with Gasteiger partial charge in [0.15, 0.2) is 11.8 Å². The molecule has 1 fully saturated rings. The van der Waals surface area contributed by atoms with E-state index < -0.39 is 12.1 Å². The minimum absolute atomic E-state index is 0.0578. The van der Waals surface area contributed by atoms with Crippen LogP contribution in [0.4, 0.5) is 0 Å². The van der Waals surface area contributed by atoms with Gasteiger partial charge in [0.25, 0.3) is 11.5 Å². The summed E-state index contributed by atoms with van der Waals surface area (Å²) >= 11 is 0. The van der Waals surface area contributed by atoms with Gasteiger partial charge in [0.05, 0.1) is 5.39 Å². The molecule has 138 valence electrons. The highest BCUT2D eigenvalue weighted by Gasteiger charge is 2.28. The molecule has 1 amide bonds. The van der Waals surface area contributed by atoms with E-state index >= 15 is 0 Å². The lowest BCUT2D eigenvalue weighted by Gasteiger charge is -2.14. The highest BCUT2D eigenvalue weighted by atomic mass is 16.5. The van der Waals surface area contributed by atoms with Crippen LogP contribution in [0, 0.1) is 0 Å². The molecular weight excluding hydrogens is 334 g/mol. The van der Waals surface area contributed by atoms with E-state index in [1.165, 1.54) is 11.6 Å². The molecule has 1 atom stereocenters. The molecule has 0 radical (unpaired) electrons. The summed E-state index contributed by atoms with van der Waals surface area (Å²) in [4.78, 5) is 37.2. The number of unbranched alkanes of at least 4 members (excludes halogenated alkanes) is 1. The Balaban J connectivity index is 1.89. The number of hydrogen-bond acceptors (Lipinski definition) is 5. The summed E-state index contributed by atoms with van der Waals surface area (Å²) in [6, 6.07) is 7.01. The van der Waals surface area contributed by atoms with Crippen molar-refractivity contribution in [2.45, 2.75) is 58.2 Å². The Morgan fingerprint density at radius 3 is 2.65 bits per heavy atom. The Hall–Kier alpha value is -2.70. The molecule has 7 nitrogen and oxygen atoms in total. The number of esters is 1. The van der Waals surface area contributed by atoms with Gasteiger partial charge >= 0.3 is 5.97 Å². The number of aryl methyl sites for hydroxylation is 1. The van der Waals surface area contributed by atoms with Crippen LogP contribution in [0.2, 0.25) is 0 Å². The summed E-state index contributed by atoms with van der Waals surface area (Å²) in [5, 5.41) is 7.88. The Morgan fingerprint density at radius 1 is 1.31 bits per heavy atom. The van der Waals surface area contributed by atoms with Gasteiger partial charge in [-0.3, -0.25) is 9.59 Å². The van der Waals surface area contributed by atoms with Crippen LogP contribution in [-0.4, -0.2) is 33.8 Å². The molecule has 0 aliphatic heterocycles. The smallest absolute Gasteiger partial charge is 0.360 e. The third-order valence-electron chi connectivity index (χ3n) is 4.36. The molecule has 1 saturated carbocycles. The number of ether oxygens (including phenoxy) is 1. The fraction of sp³-hybridized carbons (Fsp3) is 0.474. The maximum atomic E-state index is 12.6. The summed E-state index contributed by atoms with van der Waals surface area (Å²) in [6.07, 6.45) is 2.68. The molecule has 1 heterocycles. The van der Waals surface area contributed by atoms with Crippen LogP contribution in [0.25, 0.3) is 10.8 Å². The average Bonchev–Trinajstić information content (AvgIpc) is 3.45. The van der Waals surface area contributed by atoms with E-state index in [9.17, 15) is 14.4 Å². The number of nitrogens with zero attached hydrogens (tertiary/aromatic N) is 2. The van der Waals surface area contributed by atoms with Crippen molar-refractivity contribution in [1.29, 1.82) is 0 Å². The Morgan fingerprint density at radius 2 is 2.00 bits per heavy atom. The Bertz CT molecular complexity index is 886. The van der Waals surface area contributed by atoms with Crippen LogP contribution < -0.4 is 10.9 Å². The summed E-state index contributed by atoms with van der Waals surface area (Å²) in [6.45, 7) is 3.98. The molecule has 1 aromatic carbocycles. The number of fused-ring (bicyclic) bond motifs is 1. The van der Waals surface area contributed by atoms with Gasteiger partial charge in [-0.1, -0.05) is 31.5 Å². The summed E-state index contributed by atoms with van der Waals surface area (Å²) in [7, 11) is 0. The fourth-order valence-electron chi connectivity index (χ4n) is 2.66. The van der Waals surface area contributed by atoms with Crippen molar-refractivity contribution in [2.24, 2.45) is 0 Å². The van der Waals surface area contributed by atoms with Gasteiger partial charge in [-0.2, -0.15) is 5.10 Å². The third-order valence-corrected chi connectivity index (χ3v) is 4.36. The SMILES string of the molecule is CCCCn1nc(C(=O)O[C@H](C)C(=O)NC2CC2)c2ccccc2c1=O. The molecule has 7 heteroatoms. The van der Waals surface area contributed by atoms with Gasteiger partial charge in [-0.05, 0) is 32.3 Å². The number of aromatic nitrogens is 2. The lowest BCUT2D eigenvalue weighted by Crippen LogP contribution is -2.37. The van der Waals surface area contributed by atoms with Gasteiger partial charge < -0.3 is 10.1 Å². The first-order valence-corrected chi connectivity index (χ1v) is 9.02. The van der Waals surface area contributed by atoms with Gasteiger partial charge in [0.1, 0.15) is 0 Å². The first-order chi connectivity index (χ1) is 12.5. The minimum Gasteiger partial charge on any atom is -0.448 e. The number of amides is 1. The maximum absolute atomic E-state index is 12.6. The zero-order valence-corrected chi connectivity index (χ0v) is 15.0. The van der Waals surface area contributed by atoms with Gasteiger partial charge in [-0.15, -0.1) is 0 Å². The summed E-state index contributed by atoms with van der Waals surface area (Å²) in [5.74, 6) is -1.02. The van der Waals surface area contributed by atoms with Crippen molar-refractivity contribution in [2.75, 3.05) is 0 Å². The molecule has 0 spiro atoms. The van der Waals surface area contributed by atoms with E-state index in [0.717, 1.165) is 25.7 Å². The van der Waals surface area contributed by atoms with Crippen LogP contribution in [0.15, 0.2) is 29.1 Å². The highest BCUT2D eigenvalue weighted by Crippen LogP contribution is 2.19. The molecule has 0 saturated heterocycles. The fourth-order valence-corrected chi connectivity index (χ4v) is 2.66. The first kappa shape index (κ1) is 18.1. The quantitative estimate of drug-likeness (QED) is 0.766. The standard InChI is InChI=1S/C19H23N3O4/c1-3-4-11-22-18(24)15-8-6-5-7-14(15)16(21-22)19(25)26-12(2)17(23)20-13-9-10-13/h5-8,12-13H,3-4,9-11H2,1-2H3,(H,20,23)/t12-/m1/s1. The normalized spacial score (nSPS) is 14.8. The molecule has 1 N–H and O–H groups in total. The van der Waals surface area contributed by atoms with Crippen molar-refractivity contribution in [3.63, 3.8) is 0 Å². The summed E-state index contributed by atoms with van der Waals surface area (Å²) in [5.41, 5.74) is -0.174. The predicted octanol–water partition coefficient (Wildman–Crippen LogP) is 2.02. The number of carbonyl (C=O) groups excluding carboxylic acids is 2. The number of hydrogen-bond donors (Lipinski definition) is 1. The average molecular weight is 357 g/mol. The molecule has 26 heavy (non-hydrogen) atoms. The second-order valence-electron chi connectivity index (χ2n) is 6.61. The topological polar surface area (TPSA) is 90.3 Å². The predicted molar refractivity (Wildman–Crippen MR) is 97.0 cm³/mol. The van der Waals surface area contributed by atoms with Crippen molar-refractivity contribution in [3.8, 4) is 0 Å². The lowest BCUT2D eigenvalue weighted by molar-refractivity contribution is -0.129. The molecular formula is C19H23N3O4. The number of nitrogens with one attached hydrogen (secondary N) is 1. The molecule has 3 rings (SSSR count). The molecule has 2 aromatic rings. The van der Waals surface area contributed by atoms with E-state index in [0.29, 0.717) is 17.3 Å². The van der Waals surface area contributed by atoms with E-state index in [2.05, 4.69) is 10.4 Å². The third kappa shape index (κ3) is 3.92. The maximum Gasteiger partial charge on any atom is 0.360 e. The Labute approximate surface area is 151 Å². The molecule has 1 aliphatic rings. The van der Waals surface area contributed by atoms with Crippen molar-refractivity contribution in [3.05, 3.63) is 40.3 Å². The monoisotopic (exact) mass is 357 g/mol. The first-order valence-electron chi connectivity index (χ1n) is 9.02. The number of rotatable bonds is 7. The van der Waals surface area contributed by atoms with E-state index in [1.807, 2.05) is 6.92 Å². The van der Waals surface area contributed by atoms with Crippen LogP contribution in [0.3, 0.4) is 0 Å². The molecule has 1 aliphatic carbocycles. The van der Waals surface area contributed by atoms with Crippen molar-refractivity contribution in [1.82, 2.24) is 15.1 Å². The minimum atomic E-state index is -0.917. The molecule has 0 bridgehead atoms. The van der Waals surface area contributed by atoms with Crippen molar-refractivity contribution < 1.29 is 14.3 Å². The zero-order chi connectivity index (χ0) is 18.7.